The molecule has 5 rings (SSSR count). The number of β-amino-alcohol motifs (C(OH)–C–C–N with tert-alkyl or cyclic N) is 1. The quantitative estimate of drug-likeness (QED) is 0.819. The van der Waals surface area contributed by atoms with Crippen molar-refractivity contribution < 1.29 is 5.11 Å². The van der Waals surface area contributed by atoms with E-state index in [0.717, 1.165) is 69.9 Å². The lowest BCUT2D eigenvalue weighted by Crippen LogP contribution is -2.50. The number of aliphatic hydroxyl groups is 1. The Morgan fingerprint density at radius 1 is 1.03 bits per heavy atom. The molecule has 1 spiro atoms. The van der Waals surface area contributed by atoms with Crippen molar-refractivity contribution >= 4 is 5.82 Å². The normalized spacial score (nSPS) is 24.0. The fourth-order valence-corrected chi connectivity index (χ4v) is 5.68. The second kappa shape index (κ2) is 8.49. The molecule has 3 aliphatic rings. The number of aliphatic hydroxyl groups excluding tert-OH is 1. The van der Waals surface area contributed by atoms with E-state index in [9.17, 15) is 5.11 Å². The largest absolute Gasteiger partial charge is 0.395 e. The average molecular weight is 422 g/mol. The molecule has 0 bridgehead atoms. The van der Waals surface area contributed by atoms with Gasteiger partial charge in [0.25, 0.3) is 0 Å². The van der Waals surface area contributed by atoms with Crippen molar-refractivity contribution in [3.63, 3.8) is 0 Å². The molecular weight excluding hydrogens is 386 g/mol. The molecule has 6 nitrogen and oxygen atoms in total. The fraction of sp³-hybridized carbons (Fsp3) is 0.600. The minimum atomic E-state index is 0.167. The van der Waals surface area contributed by atoms with Gasteiger partial charge in [-0.2, -0.15) is 0 Å². The number of aromatic nitrogens is 2. The van der Waals surface area contributed by atoms with Crippen LogP contribution in [-0.2, 0) is 11.8 Å². The first-order valence-corrected chi connectivity index (χ1v) is 11.8. The van der Waals surface area contributed by atoms with Crippen molar-refractivity contribution in [2.24, 2.45) is 0 Å². The molecule has 1 aromatic heterocycles. The predicted molar refractivity (Wildman–Crippen MR) is 125 cm³/mol. The van der Waals surface area contributed by atoms with Gasteiger partial charge in [-0.15, -0.1) is 0 Å². The first-order chi connectivity index (χ1) is 15.1. The third-order valence-electron chi connectivity index (χ3n) is 7.86. The number of piperidine rings is 1. The van der Waals surface area contributed by atoms with Crippen molar-refractivity contribution in [2.45, 2.75) is 44.1 Å². The second-order valence-electron chi connectivity index (χ2n) is 9.69. The summed E-state index contributed by atoms with van der Waals surface area (Å²) in [6, 6.07) is 11.0. The van der Waals surface area contributed by atoms with E-state index in [4.69, 9.17) is 9.97 Å². The smallest absolute Gasteiger partial charge is 0.161 e. The molecule has 3 heterocycles. The molecule has 1 N–H and O–H groups in total. The highest BCUT2D eigenvalue weighted by Gasteiger charge is 2.44. The molecule has 0 saturated carbocycles. The Morgan fingerprint density at radius 2 is 1.81 bits per heavy atom. The number of likely N-dealkylation sites (N-methyl/N-ethyl adjacent to an activating group) is 1. The molecule has 2 saturated heterocycles. The highest BCUT2D eigenvalue weighted by atomic mass is 16.3. The number of nitrogens with zero attached hydrogens (tertiary/aromatic N) is 5. The molecule has 31 heavy (non-hydrogen) atoms. The summed E-state index contributed by atoms with van der Waals surface area (Å²) in [7, 11) is 2.22. The molecule has 166 valence electrons. The molecular formula is C25H35N5O. The van der Waals surface area contributed by atoms with Gasteiger partial charge in [0.2, 0.25) is 0 Å². The van der Waals surface area contributed by atoms with Gasteiger partial charge in [0, 0.05) is 48.8 Å². The maximum Gasteiger partial charge on any atom is 0.161 e. The van der Waals surface area contributed by atoms with Gasteiger partial charge in [0.15, 0.2) is 5.82 Å². The van der Waals surface area contributed by atoms with Crippen LogP contribution in [0.25, 0.3) is 11.4 Å². The highest BCUT2D eigenvalue weighted by Crippen LogP contribution is 2.48. The number of piperazine rings is 1. The van der Waals surface area contributed by atoms with E-state index in [0.29, 0.717) is 6.04 Å². The van der Waals surface area contributed by atoms with Crippen LogP contribution in [-0.4, -0.2) is 83.8 Å². The first-order valence-electron chi connectivity index (χ1n) is 11.8. The minimum absolute atomic E-state index is 0.167. The summed E-state index contributed by atoms with van der Waals surface area (Å²) in [5.41, 5.74) is 3.98. The van der Waals surface area contributed by atoms with Crippen LogP contribution in [0, 0.1) is 0 Å². The number of benzene rings is 1. The lowest BCUT2D eigenvalue weighted by molar-refractivity contribution is 0.129. The monoisotopic (exact) mass is 421 g/mol. The molecule has 0 amide bonds. The number of rotatable bonds is 4. The summed E-state index contributed by atoms with van der Waals surface area (Å²) < 4.78 is 0. The van der Waals surface area contributed by atoms with E-state index < -0.39 is 0 Å². The molecule has 6 heteroatoms. The Hall–Kier alpha value is -2.02. The number of hydrogen-bond acceptors (Lipinski definition) is 6. The summed E-state index contributed by atoms with van der Waals surface area (Å²) in [6.45, 7) is 8.55. The van der Waals surface area contributed by atoms with Gasteiger partial charge in [-0.25, -0.2) is 9.97 Å². The van der Waals surface area contributed by atoms with Gasteiger partial charge in [0.05, 0.1) is 12.3 Å². The maximum absolute atomic E-state index is 9.35. The first kappa shape index (κ1) is 20.9. The predicted octanol–water partition coefficient (Wildman–Crippen LogP) is 2.56. The SMILES string of the molecule is CC1CN(c2nc(-c3ccccc3)nc3c2CCC32CCN(CCO)CC2)CCN1C. The number of hydrogen-bond donors (Lipinski definition) is 1. The summed E-state index contributed by atoms with van der Waals surface area (Å²) >= 11 is 0. The van der Waals surface area contributed by atoms with Crippen molar-refractivity contribution in [3.8, 4) is 11.4 Å². The van der Waals surface area contributed by atoms with Crippen LogP contribution in [0.5, 0.6) is 0 Å². The molecule has 2 aromatic rings. The third kappa shape index (κ3) is 3.86. The van der Waals surface area contributed by atoms with Gasteiger partial charge in [-0.1, -0.05) is 30.3 Å². The van der Waals surface area contributed by atoms with E-state index in [2.05, 4.69) is 59.0 Å². The molecule has 2 fully saturated rings. The average Bonchev–Trinajstić information content (AvgIpc) is 3.15. The maximum atomic E-state index is 9.35. The zero-order chi connectivity index (χ0) is 21.4. The van der Waals surface area contributed by atoms with Crippen LogP contribution in [0.2, 0.25) is 0 Å². The lowest BCUT2D eigenvalue weighted by Gasteiger charge is -2.40. The Bertz CT molecular complexity index is 910. The van der Waals surface area contributed by atoms with E-state index in [1.165, 1.54) is 23.5 Å². The minimum Gasteiger partial charge on any atom is -0.395 e. The van der Waals surface area contributed by atoms with Crippen LogP contribution in [0.1, 0.15) is 37.4 Å². The molecule has 2 aliphatic heterocycles. The number of anilines is 1. The standard InChI is InChI=1S/C25H35N5O/c1-19-18-30(15-14-28(19)2)24-21-8-9-25(10-12-29(13-11-25)16-17-31)22(21)26-23(27-24)20-6-4-3-5-7-20/h3-7,19,31H,8-18H2,1-2H3. The summed E-state index contributed by atoms with van der Waals surface area (Å²) in [5, 5.41) is 9.35. The van der Waals surface area contributed by atoms with Gasteiger partial charge in [-0.3, -0.25) is 0 Å². The second-order valence-corrected chi connectivity index (χ2v) is 9.69. The Balaban J connectivity index is 1.55. The van der Waals surface area contributed by atoms with E-state index >= 15 is 0 Å². The fourth-order valence-electron chi connectivity index (χ4n) is 5.68. The van der Waals surface area contributed by atoms with Crippen LogP contribution in [0.15, 0.2) is 30.3 Å². The van der Waals surface area contributed by atoms with Crippen molar-refractivity contribution in [1.29, 1.82) is 0 Å². The number of fused-ring (bicyclic) bond motifs is 2. The van der Waals surface area contributed by atoms with Gasteiger partial charge in [0.1, 0.15) is 5.82 Å². The van der Waals surface area contributed by atoms with Gasteiger partial charge < -0.3 is 19.8 Å². The van der Waals surface area contributed by atoms with Crippen LogP contribution in [0.4, 0.5) is 5.82 Å². The van der Waals surface area contributed by atoms with Crippen molar-refractivity contribution in [2.75, 3.05) is 57.8 Å². The zero-order valence-electron chi connectivity index (χ0n) is 18.9. The van der Waals surface area contributed by atoms with E-state index in [-0.39, 0.29) is 12.0 Å². The highest BCUT2D eigenvalue weighted by molar-refractivity contribution is 5.63. The zero-order valence-corrected chi connectivity index (χ0v) is 18.9. The van der Waals surface area contributed by atoms with Crippen molar-refractivity contribution in [1.82, 2.24) is 19.8 Å². The molecule has 1 atom stereocenters. The summed E-state index contributed by atoms with van der Waals surface area (Å²) in [5.74, 6) is 2.05. The Kier molecular flexibility index (Phi) is 5.71. The molecule has 0 radical (unpaired) electrons. The lowest BCUT2D eigenvalue weighted by atomic mass is 9.76. The third-order valence-corrected chi connectivity index (χ3v) is 7.86. The van der Waals surface area contributed by atoms with Crippen molar-refractivity contribution in [3.05, 3.63) is 41.6 Å². The molecule has 1 unspecified atom stereocenters. The van der Waals surface area contributed by atoms with Gasteiger partial charge in [-0.05, 0) is 52.7 Å². The van der Waals surface area contributed by atoms with Crippen LogP contribution < -0.4 is 4.90 Å². The molecule has 1 aromatic carbocycles. The summed E-state index contributed by atoms with van der Waals surface area (Å²) in [4.78, 5) is 17.8. The van der Waals surface area contributed by atoms with Gasteiger partial charge >= 0.3 is 0 Å². The van der Waals surface area contributed by atoms with E-state index in [1.54, 1.807) is 0 Å². The molecule has 1 aliphatic carbocycles. The van der Waals surface area contributed by atoms with Crippen LogP contribution in [0.3, 0.4) is 0 Å². The van der Waals surface area contributed by atoms with Crippen LogP contribution >= 0.6 is 0 Å². The Labute approximate surface area is 185 Å². The van der Waals surface area contributed by atoms with E-state index in [1.807, 2.05) is 0 Å². The topological polar surface area (TPSA) is 55.7 Å². The Morgan fingerprint density at radius 3 is 2.52 bits per heavy atom. The summed E-state index contributed by atoms with van der Waals surface area (Å²) in [6.07, 6.45) is 4.52. The number of likely N-dealkylation sites (tertiary alicyclic amines) is 1.